The van der Waals surface area contributed by atoms with Gasteiger partial charge in [-0.2, -0.15) is 0 Å². The van der Waals surface area contributed by atoms with Gasteiger partial charge in [0.25, 0.3) is 5.91 Å². The van der Waals surface area contributed by atoms with E-state index in [1.165, 1.54) is 12.8 Å². The molecule has 1 saturated carbocycles. The molecule has 2 fully saturated rings. The van der Waals surface area contributed by atoms with Crippen LogP contribution in [0.5, 0.6) is 11.5 Å². The average Bonchev–Trinajstić information content (AvgIpc) is 3.67. The Labute approximate surface area is 204 Å². The van der Waals surface area contributed by atoms with Gasteiger partial charge in [-0.25, -0.2) is 0 Å². The van der Waals surface area contributed by atoms with Gasteiger partial charge in [0.1, 0.15) is 0 Å². The Morgan fingerprint density at radius 1 is 1.15 bits per heavy atom. The number of anilines is 1. The molecule has 2 aromatic carbocycles. The number of nitrogens with zero attached hydrogens (tertiary/aromatic N) is 2. The van der Waals surface area contributed by atoms with Crippen molar-refractivity contribution in [1.29, 1.82) is 0 Å². The molecule has 6 nitrogen and oxygen atoms in total. The molecule has 0 bridgehead atoms. The highest BCUT2D eigenvalue weighted by Gasteiger charge is 2.25. The first-order valence-electron chi connectivity index (χ1n) is 12.6. The normalized spacial score (nSPS) is 19.6. The zero-order chi connectivity index (χ0) is 24.2. The lowest BCUT2D eigenvalue weighted by molar-refractivity contribution is 0.0939. The summed E-state index contributed by atoms with van der Waals surface area (Å²) >= 11 is 0. The van der Waals surface area contributed by atoms with Crippen LogP contribution in [0, 0.1) is 12.8 Å². The number of hydrogen-bond donors (Lipinski definition) is 1. The third kappa shape index (κ3) is 5.66. The van der Waals surface area contributed by atoms with Gasteiger partial charge in [0, 0.05) is 36.9 Å². The number of rotatable bonds is 9. The van der Waals surface area contributed by atoms with Crippen LogP contribution in [-0.2, 0) is 0 Å². The average molecular weight is 466 g/mol. The molecule has 2 atom stereocenters. The fraction of sp³-hybridized carbons (Fsp3) is 0.536. The van der Waals surface area contributed by atoms with E-state index in [4.69, 9.17) is 9.47 Å². The Bertz CT molecular complexity index is 1000. The number of nitrogens with one attached hydrogen (secondary N) is 1. The van der Waals surface area contributed by atoms with E-state index in [2.05, 4.69) is 41.2 Å². The number of carbonyl (C=O) groups excluding carboxylic acids is 1. The Balaban J connectivity index is 1.45. The van der Waals surface area contributed by atoms with E-state index < -0.39 is 0 Å². The van der Waals surface area contributed by atoms with E-state index in [1.807, 2.05) is 38.1 Å². The van der Waals surface area contributed by atoms with Crippen molar-refractivity contribution >= 4 is 11.6 Å². The SMILES string of the molecule is CCC1CN(c2ccc(C)c(C(=O)N[C@H](C)c3ccc(OCC4CC4)c(OC)c3)c2)CCN1C. The standard InChI is InChI=1S/C28H39N3O3/c1-6-23-17-31(14-13-30(23)4)24-11-7-19(2)25(16-24)28(32)29-20(3)22-10-12-26(27(15-22)33-5)34-18-21-8-9-21/h7,10-12,15-16,20-21,23H,6,8-9,13-14,17-18H2,1-5H3,(H,29,32)/t20-,23?/m1/s1. The predicted molar refractivity (Wildman–Crippen MR) is 137 cm³/mol. The Hall–Kier alpha value is -2.73. The van der Waals surface area contributed by atoms with Crippen molar-refractivity contribution in [2.75, 3.05) is 45.3 Å². The molecule has 4 rings (SSSR count). The van der Waals surface area contributed by atoms with Crippen LogP contribution in [-0.4, -0.2) is 57.2 Å². The van der Waals surface area contributed by atoms with Crippen LogP contribution in [0.15, 0.2) is 36.4 Å². The molecule has 1 aliphatic heterocycles. The molecular weight excluding hydrogens is 426 g/mol. The number of ether oxygens (including phenoxy) is 2. The largest absolute Gasteiger partial charge is 0.493 e. The molecule has 1 N–H and O–H groups in total. The first kappa shape index (κ1) is 24.4. The monoisotopic (exact) mass is 465 g/mol. The van der Waals surface area contributed by atoms with E-state index in [0.29, 0.717) is 17.7 Å². The van der Waals surface area contributed by atoms with Gasteiger partial charge in [-0.15, -0.1) is 0 Å². The Kier molecular flexibility index (Phi) is 7.67. The molecule has 34 heavy (non-hydrogen) atoms. The van der Waals surface area contributed by atoms with Gasteiger partial charge in [0.05, 0.1) is 19.8 Å². The lowest BCUT2D eigenvalue weighted by Crippen LogP contribution is -2.51. The number of amides is 1. The molecule has 0 spiro atoms. The van der Waals surface area contributed by atoms with E-state index in [1.54, 1.807) is 7.11 Å². The van der Waals surface area contributed by atoms with Crippen LogP contribution in [0.2, 0.25) is 0 Å². The third-order valence-corrected chi connectivity index (χ3v) is 7.29. The second-order valence-electron chi connectivity index (χ2n) is 9.85. The maximum absolute atomic E-state index is 13.3. The van der Waals surface area contributed by atoms with E-state index in [0.717, 1.165) is 60.8 Å². The molecule has 0 radical (unpaired) electrons. The van der Waals surface area contributed by atoms with E-state index >= 15 is 0 Å². The maximum atomic E-state index is 13.3. The summed E-state index contributed by atoms with van der Waals surface area (Å²) in [5.41, 5.74) is 3.82. The molecule has 2 aromatic rings. The number of methoxy groups -OCH3 is 1. The molecule has 1 aliphatic carbocycles. The summed E-state index contributed by atoms with van der Waals surface area (Å²) in [5.74, 6) is 2.09. The summed E-state index contributed by atoms with van der Waals surface area (Å²) in [6.07, 6.45) is 3.62. The first-order chi connectivity index (χ1) is 16.4. The molecule has 1 heterocycles. The van der Waals surface area contributed by atoms with Crippen LogP contribution in [0.3, 0.4) is 0 Å². The highest BCUT2D eigenvalue weighted by molar-refractivity contribution is 5.96. The maximum Gasteiger partial charge on any atom is 0.252 e. The number of benzene rings is 2. The van der Waals surface area contributed by atoms with Gasteiger partial charge in [-0.1, -0.05) is 19.1 Å². The lowest BCUT2D eigenvalue weighted by Gasteiger charge is -2.40. The van der Waals surface area contributed by atoms with Crippen LogP contribution in [0.25, 0.3) is 0 Å². The van der Waals surface area contributed by atoms with Crippen molar-refractivity contribution in [1.82, 2.24) is 10.2 Å². The molecule has 6 heteroatoms. The molecule has 1 amide bonds. The summed E-state index contributed by atoms with van der Waals surface area (Å²) in [7, 11) is 3.85. The number of likely N-dealkylation sites (N-methyl/N-ethyl adjacent to an activating group) is 1. The smallest absolute Gasteiger partial charge is 0.252 e. The Morgan fingerprint density at radius 2 is 1.94 bits per heavy atom. The van der Waals surface area contributed by atoms with Crippen LogP contribution >= 0.6 is 0 Å². The highest BCUT2D eigenvalue weighted by Crippen LogP contribution is 2.34. The molecule has 1 saturated heterocycles. The molecular formula is C28H39N3O3. The minimum atomic E-state index is -0.157. The topological polar surface area (TPSA) is 54.0 Å². The van der Waals surface area contributed by atoms with Crippen molar-refractivity contribution in [2.24, 2.45) is 5.92 Å². The van der Waals surface area contributed by atoms with Gasteiger partial charge >= 0.3 is 0 Å². The van der Waals surface area contributed by atoms with Gasteiger partial charge < -0.3 is 19.7 Å². The van der Waals surface area contributed by atoms with E-state index in [-0.39, 0.29) is 11.9 Å². The summed E-state index contributed by atoms with van der Waals surface area (Å²) in [4.78, 5) is 18.1. The minimum Gasteiger partial charge on any atom is -0.493 e. The van der Waals surface area contributed by atoms with Gasteiger partial charge in [-0.3, -0.25) is 9.69 Å². The Morgan fingerprint density at radius 3 is 2.65 bits per heavy atom. The molecule has 1 unspecified atom stereocenters. The van der Waals surface area contributed by atoms with Crippen molar-refractivity contribution < 1.29 is 14.3 Å². The van der Waals surface area contributed by atoms with Crippen molar-refractivity contribution in [3.63, 3.8) is 0 Å². The predicted octanol–water partition coefficient (Wildman–Crippen LogP) is 4.81. The van der Waals surface area contributed by atoms with Crippen LogP contribution < -0.4 is 19.7 Å². The fourth-order valence-electron chi connectivity index (χ4n) is 4.60. The molecule has 0 aromatic heterocycles. The van der Waals surface area contributed by atoms with Gasteiger partial charge in [0.2, 0.25) is 0 Å². The summed E-state index contributed by atoms with van der Waals surface area (Å²) < 4.78 is 11.5. The summed E-state index contributed by atoms with van der Waals surface area (Å²) in [6.45, 7) is 9.98. The summed E-state index contributed by atoms with van der Waals surface area (Å²) in [5, 5.41) is 3.18. The number of piperazine rings is 1. The first-order valence-corrected chi connectivity index (χ1v) is 12.6. The second-order valence-corrected chi connectivity index (χ2v) is 9.85. The number of aryl methyl sites for hydroxylation is 1. The van der Waals surface area contributed by atoms with Crippen molar-refractivity contribution in [3.8, 4) is 11.5 Å². The molecule has 184 valence electrons. The van der Waals surface area contributed by atoms with Crippen LogP contribution in [0.1, 0.15) is 60.6 Å². The second kappa shape index (κ2) is 10.7. The third-order valence-electron chi connectivity index (χ3n) is 7.29. The highest BCUT2D eigenvalue weighted by atomic mass is 16.5. The van der Waals surface area contributed by atoms with Crippen molar-refractivity contribution in [2.45, 2.75) is 52.1 Å². The number of carbonyl (C=O) groups is 1. The quantitative estimate of drug-likeness (QED) is 0.576. The fourth-order valence-corrected chi connectivity index (χ4v) is 4.60. The zero-order valence-electron chi connectivity index (χ0n) is 21.3. The minimum absolute atomic E-state index is 0.0546. The van der Waals surface area contributed by atoms with E-state index in [9.17, 15) is 4.79 Å². The van der Waals surface area contributed by atoms with Gasteiger partial charge in [-0.05, 0) is 81.5 Å². The lowest BCUT2D eigenvalue weighted by atomic mass is 10.0. The number of hydrogen-bond acceptors (Lipinski definition) is 5. The van der Waals surface area contributed by atoms with Crippen molar-refractivity contribution in [3.05, 3.63) is 53.1 Å². The van der Waals surface area contributed by atoms with Crippen LogP contribution in [0.4, 0.5) is 5.69 Å². The van der Waals surface area contributed by atoms with Gasteiger partial charge in [0.15, 0.2) is 11.5 Å². The summed E-state index contributed by atoms with van der Waals surface area (Å²) in [6, 6.07) is 12.5. The zero-order valence-corrected chi connectivity index (χ0v) is 21.3. The molecule has 2 aliphatic rings.